The number of benzene rings is 2. The number of carbonyl (C=O) groups excluding carboxylic acids is 1. The Bertz CT molecular complexity index is 691. The predicted molar refractivity (Wildman–Crippen MR) is 102 cm³/mol. The lowest BCUT2D eigenvalue weighted by Crippen LogP contribution is -2.18. The van der Waals surface area contributed by atoms with Crippen molar-refractivity contribution in [3.63, 3.8) is 0 Å². The summed E-state index contributed by atoms with van der Waals surface area (Å²) in [6.45, 7) is 4.14. The van der Waals surface area contributed by atoms with Crippen molar-refractivity contribution in [2.24, 2.45) is 5.10 Å². The second kappa shape index (κ2) is 9.86. The number of fused-ring (bicyclic) bond motifs is 1. The molecule has 0 fully saturated rings. The molecule has 2 rings (SSSR count). The summed E-state index contributed by atoms with van der Waals surface area (Å²) in [5.41, 5.74) is 4.55. The fourth-order valence-electron chi connectivity index (χ4n) is 2.75. The number of amides is 1. The van der Waals surface area contributed by atoms with Crippen LogP contribution >= 0.6 is 0 Å². The number of hydrogen-bond donors (Lipinski definition) is 1. The molecule has 0 bridgehead atoms. The quantitative estimate of drug-likeness (QED) is 0.373. The number of hydrazone groups is 1. The first-order valence-electron chi connectivity index (χ1n) is 9.03. The molecule has 1 amide bonds. The zero-order valence-corrected chi connectivity index (χ0v) is 14.8. The number of carbonyl (C=O) groups is 1. The van der Waals surface area contributed by atoms with Crippen LogP contribution in [0.5, 0.6) is 0 Å². The molecule has 128 valence electrons. The highest BCUT2D eigenvalue weighted by atomic mass is 16.2. The molecule has 0 atom stereocenters. The van der Waals surface area contributed by atoms with Gasteiger partial charge in [-0.3, -0.25) is 4.79 Å². The van der Waals surface area contributed by atoms with E-state index in [2.05, 4.69) is 41.7 Å². The van der Waals surface area contributed by atoms with E-state index in [9.17, 15) is 4.79 Å². The molecule has 0 aliphatic heterocycles. The van der Waals surface area contributed by atoms with Gasteiger partial charge in [-0.2, -0.15) is 5.10 Å². The predicted octanol–water partition coefficient (Wildman–Crippen LogP) is 5.43. The van der Waals surface area contributed by atoms with Crippen LogP contribution in [-0.4, -0.2) is 11.6 Å². The van der Waals surface area contributed by atoms with Crippen molar-refractivity contribution in [2.45, 2.75) is 58.8 Å². The highest BCUT2D eigenvalue weighted by Crippen LogP contribution is 2.16. The molecular weight excluding hydrogens is 296 g/mol. The van der Waals surface area contributed by atoms with Crippen molar-refractivity contribution in [1.82, 2.24) is 5.43 Å². The van der Waals surface area contributed by atoms with E-state index in [0.717, 1.165) is 24.1 Å². The standard InChI is InChI=1S/C21H28N2O/c1-3-4-5-6-7-8-13-21(24)23-22-17(2)19-15-14-18-11-9-10-12-20(18)16-19/h9-12,14-16H,3-8,13H2,1-2H3,(H,23,24). The zero-order valence-electron chi connectivity index (χ0n) is 14.8. The Morgan fingerprint density at radius 1 is 0.958 bits per heavy atom. The maximum absolute atomic E-state index is 11.9. The minimum Gasteiger partial charge on any atom is -0.273 e. The Hall–Kier alpha value is -2.16. The first-order valence-corrected chi connectivity index (χ1v) is 9.03. The van der Waals surface area contributed by atoms with Gasteiger partial charge >= 0.3 is 0 Å². The Morgan fingerprint density at radius 3 is 2.46 bits per heavy atom. The molecule has 2 aromatic rings. The normalized spacial score (nSPS) is 11.7. The Balaban J connectivity index is 1.80. The van der Waals surface area contributed by atoms with Gasteiger partial charge in [-0.05, 0) is 35.7 Å². The van der Waals surface area contributed by atoms with Crippen molar-refractivity contribution in [2.75, 3.05) is 0 Å². The summed E-state index contributed by atoms with van der Waals surface area (Å²) < 4.78 is 0. The van der Waals surface area contributed by atoms with E-state index in [1.165, 1.54) is 36.5 Å². The van der Waals surface area contributed by atoms with Crippen molar-refractivity contribution in [3.05, 3.63) is 48.0 Å². The SMILES string of the molecule is CCCCCCCCC(=O)NN=C(C)c1ccc2ccccc2c1. The minimum absolute atomic E-state index is 0.00521. The monoisotopic (exact) mass is 324 g/mol. The summed E-state index contributed by atoms with van der Waals surface area (Å²) >= 11 is 0. The van der Waals surface area contributed by atoms with Gasteiger partial charge in [-0.1, -0.05) is 75.4 Å². The lowest BCUT2D eigenvalue weighted by atomic mass is 10.0. The number of rotatable bonds is 9. The Labute approximate surface area is 145 Å². The number of nitrogens with one attached hydrogen (secondary N) is 1. The average Bonchev–Trinajstić information content (AvgIpc) is 2.62. The fraction of sp³-hybridized carbons (Fsp3) is 0.429. The van der Waals surface area contributed by atoms with Crippen LogP contribution in [0, 0.1) is 0 Å². The molecular formula is C21H28N2O. The van der Waals surface area contributed by atoms with E-state index in [1.807, 2.05) is 25.1 Å². The van der Waals surface area contributed by atoms with Crippen molar-refractivity contribution >= 4 is 22.4 Å². The average molecular weight is 324 g/mol. The second-order valence-corrected chi connectivity index (χ2v) is 6.31. The second-order valence-electron chi connectivity index (χ2n) is 6.31. The molecule has 2 aromatic carbocycles. The summed E-state index contributed by atoms with van der Waals surface area (Å²) in [6.07, 6.45) is 7.67. The molecule has 0 heterocycles. The van der Waals surface area contributed by atoms with E-state index in [-0.39, 0.29) is 5.91 Å². The fourth-order valence-corrected chi connectivity index (χ4v) is 2.75. The molecule has 3 heteroatoms. The first kappa shape index (κ1) is 18.2. The van der Waals surface area contributed by atoms with Gasteiger partial charge in [-0.15, -0.1) is 0 Å². The summed E-state index contributed by atoms with van der Waals surface area (Å²) in [6, 6.07) is 14.5. The number of nitrogens with zero attached hydrogens (tertiary/aromatic N) is 1. The van der Waals surface area contributed by atoms with Gasteiger partial charge in [0.2, 0.25) is 5.91 Å². The molecule has 0 aliphatic carbocycles. The van der Waals surface area contributed by atoms with E-state index in [1.54, 1.807) is 0 Å². The van der Waals surface area contributed by atoms with Gasteiger partial charge < -0.3 is 0 Å². The minimum atomic E-state index is 0.00521. The van der Waals surface area contributed by atoms with Crippen LogP contribution in [0.1, 0.15) is 64.4 Å². The molecule has 0 radical (unpaired) electrons. The van der Waals surface area contributed by atoms with E-state index in [4.69, 9.17) is 0 Å². The molecule has 0 unspecified atom stereocenters. The topological polar surface area (TPSA) is 41.5 Å². The Morgan fingerprint density at radius 2 is 1.67 bits per heavy atom. The molecule has 0 spiro atoms. The van der Waals surface area contributed by atoms with E-state index >= 15 is 0 Å². The van der Waals surface area contributed by atoms with Gasteiger partial charge in [0.25, 0.3) is 0 Å². The third kappa shape index (κ3) is 5.80. The van der Waals surface area contributed by atoms with Crippen molar-refractivity contribution < 1.29 is 4.79 Å². The van der Waals surface area contributed by atoms with Gasteiger partial charge in [0, 0.05) is 6.42 Å². The van der Waals surface area contributed by atoms with Crippen LogP contribution in [0.25, 0.3) is 10.8 Å². The Kier molecular flexibility index (Phi) is 7.47. The summed E-state index contributed by atoms with van der Waals surface area (Å²) in [5.74, 6) is 0.00521. The lowest BCUT2D eigenvalue weighted by molar-refractivity contribution is -0.121. The third-order valence-electron chi connectivity index (χ3n) is 4.27. The van der Waals surface area contributed by atoms with Crippen LogP contribution in [0.15, 0.2) is 47.6 Å². The smallest absolute Gasteiger partial charge is 0.240 e. The molecule has 24 heavy (non-hydrogen) atoms. The van der Waals surface area contributed by atoms with E-state index in [0.29, 0.717) is 6.42 Å². The van der Waals surface area contributed by atoms with Crippen molar-refractivity contribution in [3.8, 4) is 0 Å². The van der Waals surface area contributed by atoms with E-state index < -0.39 is 0 Å². The number of unbranched alkanes of at least 4 members (excludes halogenated alkanes) is 5. The van der Waals surface area contributed by atoms with Crippen LogP contribution in [-0.2, 0) is 4.79 Å². The molecule has 3 nitrogen and oxygen atoms in total. The maximum atomic E-state index is 11.9. The summed E-state index contributed by atoms with van der Waals surface area (Å²) in [4.78, 5) is 11.9. The molecule has 0 aliphatic rings. The van der Waals surface area contributed by atoms with Crippen LogP contribution in [0.3, 0.4) is 0 Å². The molecule has 1 N–H and O–H groups in total. The largest absolute Gasteiger partial charge is 0.273 e. The third-order valence-corrected chi connectivity index (χ3v) is 4.27. The van der Waals surface area contributed by atoms with Gasteiger partial charge in [-0.25, -0.2) is 5.43 Å². The zero-order chi connectivity index (χ0) is 17.2. The van der Waals surface area contributed by atoms with Crippen LogP contribution in [0.4, 0.5) is 0 Å². The van der Waals surface area contributed by atoms with Gasteiger partial charge in [0.05, 0.1) is 5.71 Å². The van der Waals surface area contributed by atoms with Gasteiger partial charge in [0.1, 0.15) is 0 Å². The summed E-state index contributed by atoms with van der Waals surface area (Å²) in [7, 11) is 0. The van der Waals surface area contributed by atoms with Crippen molar-refractivity contribution in [1.29, 1.82) is 0 Å². The highest BCUT2D eigenvalue weighted by molar-refractivity contribution is 6.02. The summed E-state index contributed by atoms with van der Waals surface area (Å²) in [5, 5.41) is 6.64. The van der Waals surface area contributed by atoms with Crippen LogP contribution in [0.2, 0.25) is 0 Å². The van der Waals surface area contributed by atoms with Gasteiger partial charge in [0.15, 0.2) is 0 Å². The maximum Gasteiger partial charge on any atom is 0.240 e. The molecule has 0 aromatic heterocycles. The lowest BCUT2D eigenvalue weighted by Gasteiger charge is -2.05. The highest BCUT2D eigenvalue weighted by Gasteiger charge is 2.02. The molecule has 0 saturated carbocycles. The molecule has 0 saturated heterocycles. The van der Waals surface area contributed by atoms with Crippen LogP contribution < -0.4 is 5.43 Å². The first-order chi connectivity index (χ1) is 11.7. The number of hydrogen-bond acceptors (Lipinski definition) is 2.